The van der Waals surface area contributed by atoms with E-state index < -0.39 is 0 Å². The molecule has 0 unspecified atom stereocenters. The number of nitrogens with one attached hydrogen (secondary N) is 1. The van der Waals surface area contributed by atoms with Gasteiger partial charge < -0.3 is 14.8 Å². The molecule has 1 aromatic carbocycles. The predicted octanol–water partition coefficient (Wildman–Crippen LogP) is 3.31. The van der Waals surface area contributed by atoms with Crippen LogP contribution in [-0.2, 0) is 0 Å². The molecule has 1 saturated carbocycles. The average Bonchev–Trinajstić information content (AvgIpc) is 3.22. The van der Waals surface area contributed by atoms with Gasteiger partial charge in [-0.25, -0.2) is 0 Å². The van der Waals surface area contributed by atoms with Crippen molar-refractivity contribution in [2.75, 3.05) is 38.1 Å². The summed E-state index contributed by atoms with van der Waals surface area (Å²) in [5.41, 5.74) is 5.58. The van der Waals surface area contributed by atoms with Crippen LogP contribution in [0.15, 0.2) is 36.5 Å². The lowest BCUT2D eigenvalue weighted by molar-refractivity contribution is 0.312. The highest BCUT2D eigenvalue weighted by Gasteiger charge is 2.29. The van der Waals surface area contributed by atoms with E-state index in [1.165, 1.54) is 42.9 Å². The second-order valence-electron chi connectivity index (χ2n) is 6.42. The molecule has 21 heavy (non-hydrogen) atoms. The maximum Gasteiger partial charge on any atom is 0.0454 e. The molecule has 1 N–H and O–H groups in total. The lowest BCUT2D eigenvalue weighted by Crippen LogP contribution is -2.44. The third-order valence-electron chi connectivity index (χ3n) is 4.80. The third-order valence-corrected chi connectivity index (χ3v) is 4.80. The van der Waals surface area contributed by atoms with Gasteiger partial charge in [-0.3, -0.25) is 0 Å². The number of rotatable bonds is 3. The Labute approximate surface area is 126 Å². The number of hydrogen-bond donors (Lipinski definition) is 1. The first-order valence-electron chi connectivity index (χ1n) is 8.02. The van der Waals surface area contributed by atoms with Crippen molar-refractivity contribution in [3.63, 3.8) is 0 Å². The highest BCUT2D eigenvalue weighted by molar-refractivity contribution is 5.68. The smallest absolute Gasteiger partial charge is 0.0454 e. The Kier molecular flexibility index (Phi) is 3.23. The zero-order chi connectivity index (χ0) is 14.2. The van der Waals surface area contributed by atoms with Crippen LogP contribution in [0, 0.1) is 0 Å². The number of H-pyrrole nitrogens is 1. The van der Waals surface area contributed by atoms with Gasteiger partial charge in [0.2, 0.25) is 0 Å². The summed E-state index contributed by atoms with van der Waals surface area (Å²) in [7, 11) is 2.22. The molecule has 3 heteroatoms. The van der Waals surface area contributed by atoms with Crippen molar-refractivity contribution in [1.82, 2.24) is 9.88 Å². The summed E-state index contributed by atoms with van der Waals surface area (Å²) >= 11 is 0. The first-order chi connectivity index (χ1) is 10.3. The van der Waals surface area contributed by atoms with Crippen LogP contribution >= 0.6 is 0 Å². The van der Waals surface area contributed by atoms with Crippen LogP contribution in [0.4, 0.5) is 5.69 Å². The normalized spacial score (nSPS) is 20.0. The van der Waals surface area contributed by atoms with Gasteiger partial charge in [0.15, 0.2) is 0 Å². The van der Waals surface area contributed by atoms with Crippen molar-refractivity contribution < 1.29 is 0 Å². The Hall–Kier alpha value is -1.74. The monoisotopic (exact) mass is 281 g/mol. The summed E-state index contributed by atoms with van der Waals surface area (Å²) in [6.45, 7) is 4.64. The van der Waals surface area contributed by atoms with Crippen LogP contribution in [0.5, 0.6) is 0 Å². The maximum atomic E-state index is 3.32. The lowest BCUT2D eigenvalue weighted by Gasteiger charge is -2.35. The number of aromatic nitrogens is 1. The minimum absolute atomic E-state index is 0.787. The van der Waals surface area contributed by atoms with Crippen LogP contribution in [0.1, 0.15) is 24.3 Å². The molecular weight excluding hydrogens is 258 g/mol. The number of aromatic amines is 1. The van der Waals surface area contributed by atoms with Gasteiger partial charge in [0.25, 0.3) is 0 Å². The van der Waals surface area contributed by atoms with Crippen molar-refractivity contribution in [3.8, 4) is 11.3 Å². The van der Waals surface area contributed by atoms with E-state index >= 15 is 0 Å². The lowest BCUT2D eigenvalue weighted by atomic mass is 10.0. The van der Waals surface area contributed by atoms with Crippen LogP contribution in [-0.4, -0.2) is 43.1 Å². The Morgan fingerprint density at radius 2 is 1.86 bits per heavy atom. The van der Waals surface area contributed by atoms with Gasteiger partial charge in [0, 0.05) is 43.8 Å². The molecule has 2 aliphatic rings. The molecule has 2 aromatic rings. The van der Waals surface area contributed by atoms with Crippen molar-refractivity contribution in [1.29, 1.82) is 0 Å². The predicted molar refractivity (Wildman–Crippen MR) is 87.9 cm³/mol. The van der Waals surface area contributed by atoms with Crippen LogP contribution < -0.4 is 4.90 Å². The molecule has 0 spiro atoms. The van der Waals surface area contributed by atoms with Crippen molar-refractivity contribution in [2.24, 2.45) is 0 Å². The zero-order valence-electron chi connectivity index (χ0n) is 12.7. The molecule has 1 aromatic heterocycles. The number of likely N-dealkylation sites (N-methyl/N-ethyl adjacent to an activating group) is 1. The van der Waals surface area contributed by atoms with E-state index in [0.717, 1.165) is 19.0 Å². The van der Waals surface area contributed by atoms with E-state index in [1.54, 1.807) is 5.56 Å². The highest BCUT2D eigenvalue weighted by atomic mass is 15.2. The summed E-state index contributed by atoms with van der Waals surface area (Å²) in [5.74, 6) is 0.787. The van der Waals surface area contributed by atoms with Crippen LogP contribution in [0.3, 0.4) is 0 Å². The minimum Gasteiger partial charge on any atom is -0.369 e. The molecule has 0 bridgehead atoms. The topological polar surface area (TPSA) is 22.3 Å². The first-order valence-corrected chi connectivity index (χ1v) is 8.02. The molecule has 2 heterocycles. The van der Waals surface area contributed by atoms with E-state index in [2.05, 4.69) is 52.2 Å². The number of nitrogens with zero attached hydrogens (tertiary/aromatic N) is 2. The van der Waals surface area contributed by atoms with Gasteiger partial charge in [-0.15, -0.1) is 0 Å². The van der Waals surface area contributed by atoms with Gasteiger partial charge in [-0.1, -0.05) is 6.07 Å². The summed E-state index contributed by atoms with van der Waals surface area (Å²) in [6.07, 6.45) is 4.71. The second kappa shape index (κ2) is 5.23. The molecular formula is C18H23N3. The average molecular weight is 281 g/mol. The van der Waals surface area contributed by atoms with E-state index in [-0.39, 0.29) is 0 Å². The number of anilines is 1. The summed E-state index contributed by atoms with van der Waals surface area (Å²) < 4.78 is 0. The molecule has 1 saturated heterocycles. The fourth-order valence-electron chi connectivity index (χ4n) is 3.29. The third kappa shape index (κ3) is 2.58. The largest absolute Gasteiger partial charge is 0.369 e. The Morgan fingerprint density at radius 1 is 1.05 bits per heavy atom. The molecule has 3 nitrogen and oxygen atoms in total. The quantitative estimate of drug-likeness (QED) is 0.932. The van der Waals surface area contributed by atoms with E-state index in [1.807, 2.05) is 6.20 Å². The Balaban J connectivity index is 1.67. The van der Waals surface area contributed by atoms with E-state index in [9.17, 15) is 0 Å². The summed E-state index contributed by atoms with van der Waals surface area (Å²) in [4.78, 5) is 8.32. The Morgan fingerprint density at radius 3 is 2.52 bits per heavy atom. The van der Waals surface area contributed by atoms with Crippen molar-refractivity contribution in [2.45, 2.75) is 18.8 Å². The molecule has 1 aliphatic carbocycles. The van der Waals surface area contributed by atoms with Crippen molar-refractivity contribution >= 4 is 5.69 Å². The van der Waals surface area contributed by atoms with Crippen LogP contribution in [0.2, 0.25) is 0 Å². The zero-order valence-corrected chi connectivity index (χ0v) is 12.7. The maximum absolute atomic E-state index is 3.32. The van der Waals surface area contributed by atoms with E-state index in [4.69, 9.17) is 0 Å². The first kappa shape index (κ1) is 13.0. The van der Waals surface area contributed by atoms with E-state index in [0.29, 0.717) is 0 Å². The molecule has 110 valence electrons. The molecule has 0 amide bonds. The van der Waals surface area contributed by atoms with Gasteiger partial charge in [0.1, 0.15) is 0 Å². The fourth-order valence-corrected chi connectivity index (χ4v) is 3.29. The Bertz CT molecular complexity index is 605. The summed E-state index contributed by atoms with van der Waals surface area (Å²) in [5, 5.41) is 0. The number of hydrogen-bond acceptors (Lipinski definition) is 2. The van der Waals surface area contributed by atoms with Crippen LogP contribution in [0.25, 0.3) is 11.3 Å². The molecule has 0 radical (unpaired) electrons. The molecule has 1 aliphatic heterocycles. The van der Waals surface area contributed by atoms with Gasteiger partial charge in [-0.2, -0.15) is 0 Å². The minimum atomic E-state index is 0.787. The second-order valence-corrected chi connectivity index (χ2v) is 6.42. The molecule has 0 atom stereocenters. The standard InChI is InChI=1S/C18H23N3/c1-20-9-11-21(12-10-20)18-7-6-15(17-3-2-8-19-17)13-16(18)14-4-5-14/h2-3,6-8,13-14,19H,4-5,9-12H2,1H3. The number of benzene rings is 1. The van der Waals surface area contributed by atoms with Gasteiger partial charge >= 0.3 is 0 Å². The van der Waals surface area contributed by atoms with Crippen molar-refractivity contribution in [3.05, 3.63) is 42.1 Å². The van der Waals surface area contributed by atoms with Gasteiger partial charge in [0.05, 0.1) is 0 Å². The highest BCUT2D eigenvalue weighted by Crippen LogP contribution is 2.45. The molecule has 2 fully saturated rings. The number of piperazine rings is 1. The fraction of sp³-hybridized carbons (Fsp3) is 0.444. The summed E-state index contributed by atoms with van der Waals surface area (Å²) in [6, 6.07) is 11.2. The van der Waals surface area contributed by atoms with Gasteiger partial charge in [-0.05, 0) is 61.2 Å². The SMILES string of the molecule is CN1CCN(c2ccc(-c3ccc[nH]3)cc2C2CC2)CC1. The molecule has 4 rings (SSSR count).